The van der Waals surface area contributed by atoms with Crippen molar-refractivity contribution >= 4 is 22.7 Å². The van der Waals surface area contributed by atoms with Crippen LogP contribution in [0, 0.1) is 5.41 Å². The summed E-state index contributed by atoms with van der Waals surface area (Å²) in [6.07, 6.45) is 8.46. The van der Waals surface area contributed by atoms with Gasteiger partial charge >= 0.3 is 0 Å². The number of ether oxygens (including phenoxy) is 1. The summed E-state index contributed by atoms with van der Waals surface area (Å²) in [5.41, 5.74) is 4.33. The number of anilines is 3. The summed E-state index contributed by atoms with van der Waals surface area (Å²) < 4.78 is 10.0. The van der Waals surface area contributed by atoms with E-state index in [0.29, 0.717) is 46.2 Å². The minimum atomic E-state index is -0.691. The van der Waals surface area contributed by atoms with Crippen molar-refractivity contribution in [2.24, 2.45) is 12.5 Å². The van der Waals surface area contributed by atoms with Gasteiger partial charge in [0.05, 0.1) is 49.5 Å². The summed E-state index contributed by atoms with van der Waals surface area (Å²) in [6, 6.07) is 9.76. The van der Waals surface area contributed by atoms with Crippen LogP contribution in [0.25, 0.3) is 22.5 Å². The molecule has 0 unspecified atom stereocenters. The molecule has 2 saturated heterocycles. The fraction of sp³-hybridized carbons (Fsp3) is 0.389. The lowest BCUT2D eigenvalue weighted by molar-refractivity contribution is -0.0660. The standard InChI is InChI=1S/C36H40N8O5/c1-36(2)16-22-15-29-35(48)44(13-12-43(29)31(22)32(36)46)33-27(19-45)26(6-7-37-33)23-14-28(34(47)40(3)18-23)39-30-5-4-24(17-38-30)41-8-10-42(11-9-41)25-20-49-21-25/h4-7,12-15,17-18,25,32,45-46H,8-11,16,19-21H2,1-3H3,(H,38,39)/t32-/m1/s1. The van der Waals surface area contributed by atoms with Gasteiger partial charge in [-0.25, -0.2) is 9.97 Å². The van der Waals surface area contributed by atoms with Crippen molar-refractivity contribution in [1.29, 1.82) is 0 Å². The number of nitrogens with one attached hydrogen (secondary N) is 1. The second-order valence-electron chi connectivity index (χ2n) is 14.0. The van der Waals surface area contributed by atoms with Gasteiger partial charge in [0.2, 0.25) is 0 Å². The van der Waals surface area contributed by atoms with E-state index in [-0.39, 0.29) is 22.4 Å². The van der Waals surface area contributed by atoms with Gasteiger partial charge in [-0.2, -0.15) is 0 Å². The second-order valence-corrected chi connectivity index (χ2v) is 14.0. The van der Waals surface area contributed by atoms with Crippen LogP contribution in [0.1, 0.15) is 36.8 Å². The van der Waals surface area contributed by atoms with Gasteiger partial charge in [-0.05, 0) is 47.9 Å². The zero-order chi connectivity index (χ0) is 34.0. The molecule has 254 valence electrons. The smallest absolute Gasteiger partial charge is 0.280 e. The summed E-state index contributed by atoms with van der Waals surface area (Å²) >= 11 is 0. The molecule has 13 heteroatoms. The molecule has 1 aliphatic carbocycles. The summed E-state index contributed by atoms with van der Waals surface area (Å²) in [6.45, 7) is 9.10. The van der Waals surface area contributed by atoms with Crippen molar-refractivity contribution in [2.75, 3.05) is 49.6 Å². The van der Waals surface area contributed by atoms with Gasteiger partial charge in [0.15, 0.2) is 0 Å². The molecule has 3 N–H and O–H groups in total. The number of nitrogens with zero attached hydrogens (tertiary/aromatic N) is 7. The van der Waals surface area contributed by atoms with Crippen molar-refractivity contribution < 1.29 is 14.9 Å². The van der Waals surface area contributed by atoms with Gasteiger partial charge in [-0.3, -0.25) is 19.1 Å². The van der Waals surface area contributed by atoms with E-state index in [1.54, 1.807) is 48.4 Å². The molecule has 0 saturated carbocycles. The Balaban J connectivity index is 1.08. The molecule has 2 aliphatic heterocycles. The fourth-order valence-electron chi connectivity index (χ4n) is 7.44. The SMILES string of the molecule is Cn1cc(-c2ccnc(-n3ccn4c5c(cc4c3=O)CC(C)(C)[C@@H]5O)c2CO)cc(Nc2ccc(N3CCN(C4COC4)CC3)cn2)c1=O. The van der Waals surface area contributed by atoms with Crippen LogP contribution in [0.3, 0.4) is 0 Å². The lowest BCUT2D eigenvalue weighted by Crippen LogP contribution is -2.56. The number of fused-ring (bicyclic) bond motifs is 3. The van der Waals surface area contributed by atoms with Crippen molar-refractivity contribution in [1.82, 2.24) is 28.4 Å². The van der Waals surface area contributed by atoms with E-state index in [2.05, 4.69) is 25.1 Å². The predicted octanol–water partition coefficient (Wildman–Crippen LogP) is 2.62. The predicted molar refractivity (Wildman–Crippen MR) is 186 cm³/mol. The normalized spacial score (nSPS) is 19.3. The van der Waals surface area contributed by atoms with E-state index in [1.165, 1.54) is 9.13 Å². The number of hydrogen-bond acceptors (Lipinski definition) is 10. The molecule has 2 fully saturated rings. The third kappa shape index (κ3) is 5.33. The van der Waals surface area contributed by atoms with Crippen LogP contribution in [0.2, 0.25) is 0 Å². The van der Waals surface area contributed by atoms with Crippen molar-refractivity contribution in [3.05, 3.63) is 98.8 Å². The lowest BCUT2D eigenvalue weighted by Gasteiger charge is -2.43. The molecule has 0 bridgehead atoms. The van der Waals surface area contributed by atoms with Crippen LogP contribution in [0.5, 0.6) is 0 Å². The highest BCUT2D eigenvalue weighted by Crippen LogP contribution is 2.45. The Labute approximate surface area is 282 Å². The maximum atomic E-state index is 13.8. The van der Waals surface area contributed by atoms with Gasteiger partial charge in [0, 0.05) is 74.6 Å². The Bertz CT molecular complexity index is 2180. The maximum Gasteiger partial charge on any atom is 0.280 e. The second kappa shape index (κ2) is 11.9. The Morgan fingerprint density at radius 1 is 1.02 bits per heavy atom. The summed E-state index contributed by atoms with van der Waals surface area (Å²) in [7, 11) is 1.67. The molecule has 5 aromatic rings. The van der Waals surface area contributed by atoms with Gasteiger partial charge in [-0.1, -0.05) is 13.8 Å². The van der Waals surface area contributed by atoms with Crippen LogP contribution >= 0.6 is 0 Å². The number of aromatic nitrogens is 5. The number of pyridine rings is 3. The van der Waals surface area contributed by atoms with Crippen molar-refractivity contribution in [3.8, 4) is 16.9 Å². The zero-order valence-electron chi connectivity index (χ0n) is 27.8. The third-order valence-corrected chi connectivity index (χ3v) is 10.3. The molecule has 0 amide bonds. The molecule has 1 atom stereocenters. The van der Waals surface area contributed by atoms with Crippen LogP contribution in [0.4, 0.5) is 17.2 Å². The van der Waals surface area contributed by atoms with Gasteiger partial charge < -0.3 is 34.1 Å². The van der Waals surface area contributed by atoms with E-state index in [4.69, 9.17) is 4.74 Å². The third-order valence-electron chi connectivity index (χ3n) is 10.3. The Morgan fingerprint density at radius 2 is 1.82 bits per heavy atom. The summed E-state index contributed by atoms with van der Waals surface area (Å²) in [5, 5.41) is 24.8. The first-order valence-electron chi connectivity index (χ1n) is 16.7. The van der Waals surface area contributed by atoms with E-state index in [0.717, 1.165) is 56.3 Å². The monoisotopic (exact) mass is 664 g/mol. The van der Waals surface area contributed by atoms with Gasteiger partial charge in [-0.15, -0.1) is 0 Å². The quantitative estimate of drug-likeness (QED) is 0.238. The summed E-state index contributed by atoms with van der Waals surface area (Å²) in [5.74, 6) is 0.825. The molecule has 8 rings (SSSR count). The molecule has 49 heavy (non-hydrogen) atoms. The molecular formula is C36H40N8O5. The highest BCUT2D eigenvalue weighted by atomic mass is 16.5. The number of aryl methyl sites for hydroxylation is 1. The van der Waals surface area contributed by atoms with E-state index >= 15 is 0 Å². The number of piperazine rings is 1. The molecule has 0 spiro atoms. The first-order valence-corrected chi connectivity index (χ1v) is 16.7. The average Bonchev–Trinajstić information content (AvgIpc) is 3.54. The first kappa shape index (κ1) is 31.4. The molecule has 0 radical (unpaired) electrons. The highest BCUT2D eigenvalue weighted by Gasteiger charge is 2.40. The molecule has 3 aliphatic rings. The number of aliphatic hydroxyl groups excluding tert-OH is 2. The highest BCUT2D eigenvalue weighted by molar-refractivity contribution is 5.73. The zero-order valence-corrected chi connectivity index (χ0v) is 27.8. The Kier molecular flexibility index (Phi) is 7.67. The number of hydrogen-bond donors (Lipinski definition) is 3. The molecule has 7 heterocycles. The van der Waals surface area contributed by atoms with Gasteiger partial charge in [0.25, 0.3) is 11.1 Å². The minimum Gasteiger partial charge on any atom is -0.392 e. The minimum absolute atomic E-state index is 0.237. The lowest BCUT2D eigenvalue weighted by atomic mass is 9.88. The van der Waals surface area contributed by atoms with Crippen LogP contribution in [-0.2, 0) is 24.8 Å². The molecule has 5 aromatic heterocycles. The van der Waals surface area contributed by atoms with Crippen LogP contribution in [0.15, 0.2) is 70.9 Å². The van der Waals surface area contributed by atoms with Crippen LogP contribution < -0.4 is 21.3 Å². The summed E-state index contributed by atoms with van der Waals surface area (Å²) in [4.78, 5) is 41.0. The van der Waals surface area contributed by atoms with Crippen molar-refractivity contribution in [2.45, 2.75) is 39.0 Å². The first-order chi connectivity index (χ1) is 23.6. The van der Waals surface area contributed by atoms with Crippen molar-refractivity contribution in [3.63, 3.8) is 0 Å². The van der Waals surface area contributed by atoms with Gasteiger partial charge in [0.1, 0.15) is 22.8 Å². The topological polar surface area (TPSA) is 142 Å². The van der Waals surface area contributed by atoms with Crippen LogP contribution in [-0.4, -0.2) is 84.1 Å². The van der Waals surface area contributed by atoms with E-state index < -0.39 is 12.7 Å². The molecule has 13 nitrogen and oxygen atoms in total. The number of rotatable bonds is 7. The molecule has 0 aromatic carbocycles. The maximum absolute atomic E-state index is 13.8. The largest absolute Gasteiger partial charge is 0.392 e. The fourth-order valence-corrected chi connectivity index (χ4v) is 7.44. The average molecular weight is 665 g/mol. The Morgan fingerprint density at radius 3 is 2.51 bits per heavy atom. The number of aliphatic hydroxyl groups is 2. The van der Waals surface area contributed by atoms with E-state index in [1.807, 2.05) is 38.2 Å². The van der Waals surface area contributed by atoms with E-state index in [9.17, 15) is 19.8 Å². The molecular weight excluding hydrogens is 624 g/mol. The Hall–Kier alpha value is -4.82.